The molecule has 0 unspecified atom stereocenters. The summed E-state index contributed by atoms with van der Waals surface area (Å²) in [7, 11) is 0. The van der Waals surface area contributed by atoms with Crippen molar-refractivity contribution in [2.75, 3.05) is 5.73 Å². The quantitative estimate of drug-likeness (QED) is 0.837. The third-order valence-corrected chi connectivity index (χ3v) is 3.40. The fourth-order valence-electron chi connectivity index (χ4n) is 1.61. The number of benzene rings is 2. The minimum Gasteiger partial charge on any atom is -0.489 e. The van der Waals surface area contributed by atoms with Crippen LogP contribution in [0, 0.1) is 5.82 Å². The number of hydrogen-bond donors (Lipinski definition) is 2. The van der Waals surface area contributed by atoms with Crippen molar-refractivity contribution in [2.24, 2.45) is 0 Å². The summed E-state index contributed by atoms with van der Waals surface area (Å²) in [5.41, 5.74) is 6.46. The highest BCUT2D eigenvalue weighted by Crippen LogP contribution is 2.23. The predicted octanol–water partition coefficient (Wildman–Crippen LogP) is 3.45. The average Bonchev–Trinajstić information content (AvgIpc) is 2.39. The first kappa shape index (κ1) is 14.3. The highest BCUT2D eigenvalue weighted by atomic mass is 79.9. The van der Waals surface area contributed by atoms with E-state index in [2.05, 4.69) is 15.9 Å². The summed E-state index contributed by atoms with van der Waals surface area (Å²) < 4.78 is 19.0. The minimum atomic E-state index is -1.11. The van der Waals surface area contributed by atoms with Gasteiger partial charge >= 0.3 is 5.97 Å². The second kappa shape index (κ2) is 5.92. The number of ether oxygens (including phenoxy) is 1. The molecular weight excluding hydrogens is 329 g/mol. The fraction of sp³-hybridized carbons (Fsp3) is 0.0714. The van der Waals surface area contributed by atoms with E-state index in [1.165, 1.54) is 24.3 Å². The second-order valence-corrected chi connectivity index (χ2v) is 4.93. The Morgan fingerprint density at radius 1 is 1.30 bits per heavy atom. The van der Waals surface area contributed by atoms with Gasteiger partial charge in [0.05, 0.1) is 5.56 Å². The van der Waals surface area contributed by atoms with Crippen molar-refractivity contribution in [3.63, 3.8) is 0 Å². The van der Waals surface area contributed by atoms with Crippen molar-refractivity contribution in [1.29, 1.82) is 0 Å². The number of rotatable bonds is 4. The predicted molar refractivity (Wildman–Crippen MR) is 76.2 cm³/mol. The molecule has 0 atom stereocenters. The van der Waals surface area contributed by atoms with E-state index < -0.39 is 5.97 Å². The summed E-state index contributed by atoms with van der Waals surface area (Å²) in [6, 6.07) is 8.67. The van der Waals surface area contributed by atoms with Crippen LogP contribution in [0.3, 0.4) is 0 Å². The molecule has 6 heteroatoms. The van der Waals surface area contributed by atoms with Crippen molar-refractivity contribution in [3.8, 4) is 5.75 Å². The molecule has 0 saturated carbocycles. The maximum Gasteiger partial charge on any atom is 0.337 e. The van der Waals surface area contributed by atoms with Gasteiger partial charge in [-0.15, -0.1) is 0 Å². The molecule has 4 nitrogen and oxygen atoms in total. The zero-order valence-electron chi connectivity index (χ0n) is 10.3. The molecule has 0 aliphatic heterocycles. The van der Waals surface area contributed by atoms with Gasteiger partial charge in [-0.1, -0.05) is 22.0 Å². The standard InChI is InChI=1S/C14H11BrFNO3/c15-12-5-9(16)2-1-8(12)7-20-10-3-4-13(17)11(6-10)14(18)19/h1-6H,7,17H2,(H,18,19). The molecule has 2 aromatic carbocycles. The molecule has 0 aromatic heterocycles. The highest BCUT2D eigenvalue weighted by Gasteiger charge is 2.10. The number of carboxylic acid groups (broad SMARTS) is 1. The topological polar surface area (TPSA) is 72.5 Å². The Kier molecular flexibility index (Phi) is 4.24. The van der Waals surface area contributed by atoms with Gasteiger partial charge in [-0.3, -0.25) is 0 Å². The van der Waals surface area contributed by atoms with Gasteiger partial charge in [-0.25, -0.2) is 9.18 Å². The molecule has 3 N–H and O–H groups in total. The van der Waals surface area contributed by atoms with Crippen LogP contribution in [0.5, 0.6) is 5.75 Å². The van der Waals surface area contributed by atoms with Gasteiger partial charge in [0, 0.05) is 15.7 Å². The zero-order chi connectivity index (χ0) is 14.7. The van der Waals surface area contributed by atoms with E-state index in [9.17, 15) is 9.18 Å². The first-order chi connectivity index (χ1) is 9.47. The summed E-state index contributed by atoms with van der Waals surface area (Å²) in [4.78, 5) is 11.0. The summed E-state index contributed by atoms with van der Waals surface area (Å²) >= 11 is 3.24. The van der Waals surface area contributed by atoms with Crippen LogP contribution in [0.1, 0.15) is 15.9 Å². The molecule has 0 radical (unpaired) electrons. The van der Waals surface area contributed by atoms with E-state index in [-0.39, 0.29) is 23.7 Å². The van der Waals surface area contributed by atoms with E-state index in [4.69, 9.17) is 15.6 Å². The monoisotopic (exact) mass is 339 g/mol. The zero-order valence-corrected chi connectivity index (χ0v) is 11.9. The Bertz CT molecular complexity index is 661. The number of nitrogen functional groups attached to an aromatic ring is 1. The van der Waals surface area contributed by atoms with Crippen LogP contribution >= 0.6 is 15.9 Å². The number of anilines is 1. The Morgan fingerprint density at radius 2 is 2.05 bits per heavy atom. The third-order valence-electron chi connectivity index (χ3n) is 2.66. The second-order valence-electron chi connectivity index (χ2n) is 4.08. The van der Waals surface area contributed by atoms with Gasteiger partial charge in [0.25, 0.3) is 0 Å². The first-order valence-electron chi connectivity index (χ1n) is 5.67. The molecule has 0 aliphatic carbocycles. The van der Waals surface area contributed by atoms with Crippen molar-refractivity contribution < 1.29 is 19.0 Å². The van der Waals surface area contributed by atoms with E-state index in [1.54, 1.807) is 12.1 Å². The van der Waals surface area contributed by atoms with Gasteiger partial charge in [-0.05, 0) is 30.3 Å². The lowest BCUT2D eigenvalue weighted by atomic mass is 10.1. The minimum absolute atomic E-state index is 0.0133. The summed E-state index contributed by atoms with van der Waals surface area (Å²) in [5.74, 6) is -1.08. The van der Waals surface area contributed by atoms with Crippen LogP contribution in [-0.4, -0.2) is 11.1 Å². The summed E-state index contributed by atoms with van der Waals surface area (Å²) in [6.45, 7) is 0.184. The van der Waals surface area contributed by atoms with Gasteiger partial charge in [0.2, 0.25) is 0 Å². The fourth-order valence-corrected chi connectivity index (χ4v) is 2.08. The number of halogens is 2. The Balaban J connectivity index is 2.15. The molecule has 2 rings (SSSR count). The van der Waals surface area contributed by atoms with E-state index in [0.717, 1.165) is 5.56 Å². The van der Waals surface area contributed by atoms with Crippen molar-refractivity contribution in [3.05, 3.63) is 57.8 Å². The SMILES string of the molecule is Nc1ccc(OCc2ccc(F)cc2Br)cc1C(=O)O. The number of carboxylic acids is 1. The molecule has 0 bridgehead atoms. The summed E-state index contributed by atoms with van der Waals surface area (Å²) in [5, 5.41) is 8.97. The molecule has 2 aromatic rings. The molecule has 0 aliphatic rings. The van der Waals surface area contributed by atoms with E-state index >= 15 is 0 Å². The van der Waals surface area contributed by atoms with Crippen LogP contribution in [0.15, 0.2) is 40.9 Å². The van der Waals surface area contributed by atoms with Crippen LogP contribution in [-0.2, 0) is 6.61 Å². The molecule has 0 heterocycles. The number of hydrogen-bond acceptors (Lipinski definition) is 3. The number of nitrogens with two attached hydrogens (primary N) is 1. The van der Waals surface area contributed by atoms with Crippen LogP contribution in [0.25, 0.3) is 0 Å². The largest absolute Gasteiger partial charge is 0.489 e. The van der Waals surface area contributed by atoms with Gasteiger partial charge in [0.15, 0.2) is 0 Å². The number of aromatic carboxylic acids is 1. The highest BCUT2D eigenvalue weighted by molar-refractivity contribution is 9.10. The van der Waals surface area contributed by atoms with E-state index in [0.29, 0.717) is 10.2 Å². The Hall–Kier alpha value is -2.08. The van der Waals surface area contributed by atoms with Crippen molar-refractivity contribution in [1.82, 2.24) is 0 Å². The Labute approximate surface area is 123 Å². The molecule has 20 heavy (non-hydrogen) atoms. The third kappa shape index (κ3) is 3.27. The van der Waals surface area contributed by atoms with Crippen molar-refractivity contribution >= 4 is 27.6 Å². The molecule has 0 spiro atoms. The van der Waals surface area contributed by atoms with Gasteiger partial charge in [0.1, 0.15) is 18.2 Å². The first-order valence-corrected chi connectivity index (χ1v) is 6.46. The molecular formula is C14H11BrFNO3. The van der Waals surface area contributed by atoms with Crippen LogP contribution in [0.4, 0.5) is 10.1 Å². The van der Waals surface area contributed by atoms with Crippen LogP contribution < -0.4 is 10.5 Å². The molecule has 0 saturated heterocycles. The molecule has 0 amide bonds. The lowest BCUT2D eigenvalue weighted by molar-refractivity contribution is 0.0697. The van der Waals surface area contributed by atoms with Gasteiger partial charge in [-0.2, -0.15) is 0 Å². The average molecular weight is 340 g/mol. The van der Waals surface area contributed by atoms with Gasteiger partial charge < -0.3 is 15.6 Å². The maximum atomic E-state index is 12.9. The normalized spacial score (nSPS) is 10.3. The molecule has 104 valence electrons. The van der Waals surface area contributed by atoms with Crippen molar-refractivity contribution in [2.45, 2.75) is 6.61 Å². The Morgan fingerprint density at radius 3 is 2.70 bits per heavy atom. The maximum absolute atomic E-state index is 12.9. The number of carbonyl (C=O) groups is 1. The smallest absolute Gasteiger partial charge is 0.337 e. The molecule has 0 fully saturated rings. The summed E-state index contributed by atoms with van der Waals surface area (Å²) in [6.07, 6.45) is 0. The van der Waals surface area contributed by atoms with Crippen LogP contribution in [0.2, 0.25) is 0 Å². The van der Waals surface area contributed by atoms with E-state index in [1.807, 2.05) is 0 Å². The lowest BCUT2D eigenvalue weighted by Crippen LogP contribution is -2.03. The lowest BCUT2D eigenvalue weighted by Gasteiger charge is -2.09.